The van der Waals surface area contributed by atoms with Crippen LogP contribution < -0.4 is 4.73 Å². The first-order chi connectivity index (χ1) is 8.46. The largest absolute Gasteiger partial charge is 0.619 e. The molecule has 0 atom stereocenters. The molecule has 0 spiro atoms. The molecule has 0 radical (unpaired) electrons. The van der Waals surface area contributed by atoms with Crippen LogP contribution in [0.5, 0.6) is 0 Å². The van der Waals surface area contributed by atoms with Crippen molar-refractivity contribution in [2.75, 3.05) is 0 Å². The molecule has 0 unspecified atom stereocenters. The lowest BCUT2D eigenvalue weighted by Gasteiger charge is -2.36. The van der Waals surface area contributed by atoms with Gasteiger partial charge < -0.3 is 10.0 Å². The number of rotatable bonds is 5. The molecule has 0 aliphatic heterocycles. The molecule has 0 bridgehead atoms. The summed E-state index contributed by atoms with van der Waals surface area (Å²) in [5.74, 6) is -2.98. The molecule has 0 saturated heterocycles. The topological polar surface area (TPSA) is 47.2 Å². The van der Waals surface area contributed by atoms with Crippen LogP contribution in [0.1, 0.15) is 32.3 Å². The highest BCUT2D eigenvalue weighted by Gasteiger charge is 2.41. The number of halogens is 2. The second-order valence-electron chi connectivity index (χ2n) is 6.09. The van der Waals surface area contributed by atoms with E-state index in [-0.39, 0.29) is 18.4 Å². The van der Waals surface area contributed by atoms with E-state index in [1.54, 1.807) is 13.1 Å². The smallest absolute Gasteiger partial charge is 0.273 e. The lowest BCUT2D eigenvalue weighted by Crippen LogP contribution is -2.39. The maximum absolute atomic E-state index is 14.0. The van der Waals surface area contributed by atoms with E-state index in [2.05, 4.69) is 0 Å². The first-order valence-electron chi connectivity index (χ1n) is 6.25. The minimum atomic E-state index is -2.98. The molecule has 1 heterocycles. The molecular weight excluding hydrogens is 268 g/mol. The SMILES string of the molecule is CC(C)(CCC(F)(F)c1cc[n+]([O-])cc1)[Si](C)(C)O. The average Bonchev–Trinajstić information content (AvgIpc) is 2.26. The third kappa shape index (κ3) is 3.97. The second-order valence-corrected chi connectivity index (χ2v) is 10.6. The zero-order valence-electron chi connectivity index (χ0n) is 11.8. The highest BCUT2D eigenvalue weighted by molar-refractivity contribution is 6.72. The van der Waals surface area contributed by atoms with Crippen LogP contribution in [-0.2, 0) is 5.92 Å². The Morgan fingerprint density at radius 3 is 2.11 bits per heavy atom. The number of pyridine rings is 1. The third-order valence-electron chi connectivity index (χ3n) is 3.94. The second kappa shape index (κ2) is 5.17. The molecule has 6 heteroatoms. The molecule has 0 aliphatic carbocycles. The van der Waals surface area contributed by atoms with Crippen LogP contribution in [0.25, 0.3) is 0 Å². The van der Waals surface area contributed by atoms with E-state index in [0.29, 0.717) is 4.73 Å². The summed E-state index contributed by atoms with van der Waals surface area (Å²) in [6.07, 6.45) is 2.04. The fourth-order valence-electron chi connectivity index (χ4n) is 1.58. The fraction of sp³-hybridized carbons (Fsp3) is 0.615. The Morgan fingerprint density at radius 1 is 1.21 bits per heavy atom. The summed E-state index contributed by atoms with van der Waals surface area (Å²) >= 11 is 0. The Hall–Kier alpha value is -1.01. The van der Waals surface area contributed by atoms with E-state index in [4.69, 9.17) is 0 Å². The number of hydrogen-bond acceptors (Lipinski definition) is 2. The van der Waals surface area contributed by atoms with E-state index in [9.17, 15) is 18.8 Å². The lowest BCUT2D eigenvalue weighted by atomic mass is 9.99. The van der Waals surface area contributed by atoms with Gasteiger partial charge in [0.05, 0.1) is 0 Å². The standard InChI is InChI=1S/C13H21F2NO2Si/c1-12(2,19(3,4)18)7-8-13(14,15)11-5-9-16(17)10-6-11/h5-6,9-10,18H,7-8H2,1-4H3. The van der Waals surface area contributed by atoms with Gasteiger partial charge in [-0.05, 0) is 24.6 Å². The predicted octanol–water partition coefficient (Wildman–Crippen LogP) is 3.17. The van der Waals surface area contributed by atoms with Gasteiger partial charge >= 0.3 is 0 Å². The summed E-state index contributed by atoms with van der Waals surface area (Å²) in [5.41, 5.74) is -0.159. The number of aromatic nitrogens is 1. The maximum Gasteiger partial charge on any atom is 0.273 e. The Labute approximate surface area is 113 Å². The molecule has 0 saturated carbocycles. The van der Waals surface area contributed by atoms with E-state index >= 15 is 0 Å². The van der Waals surface area contributed by atoms with Crippen molar-refractivity contribution in [2.45, 2.75) is 50.7 Å². The monoisotopic (exact) mass is 289 g/mol. The Morgan fingerprint density at radius 2 is 1.68 bits per heavy atom. The van der Waals surface area contributed by atoms with Crippen molar-refractivity contribution in [3.8, 4) is 0 Å². The molecule has 3 nitrogen and oxygen atoms in total. The zero-order valence-corrected chi connectivity index (χ0v) is 12.8. The summed E-state index contributed by atoms with van der Waals surface area (Å²) in [4.78, 5) is 10.1. The van der Waals surface area contributed by atoms with E-state index < -0.39 is 19.3 Å². The van der Waals surface area contributed by atoms with Gasteiger partial charge in [0.2, 0.25) is 0 Å². The van der Waals surface area contributed by atoms with Gasteiger partial charge in [0.25, 0.3) is 5.92 Å². The van der Waals surface area contributed by atoms with Gasteiger partial charge in [-0.3, -0.25) is 0 Å². The molecule has 1 aromatic heterocycles. The summed E-state index contributed by atoms with van der Waals surface area (Å²) in [7, 11) is -2.48. The first kappa shape index (κ1) is 16.0. The van der Waals surface area contributed by atoms with Crippen LogP contribution >= 0.6 is 0 Å². The van der Waals surface area contributed by atoms with Gasteiger partial charge in [-0.25, -0.2) is 8.78 Å². The molecule has 0 aliphatic rings. The quantitative estimate of drug-likeness (QED) is 0.514. The van der Waals surface area contributed by atoms with Crippen LogP contribution in [0.2, 0.25) is 18.1 Å². The average molecular weight is 289 g/mol. The normalized spacial score (nSPS) is 13.6. The Bertz CT molecular complexity index is 427. The minimum absolute atomic E-state index is 0.159. The number of hydrogen-bond donors (Lipinski definition) is 1. The fourth-order valence-corrected chi connectivity index (χ4v) is 2.31. The molecule has 108 valence electrons. The molecule has 0 amide bonds. The molecule has 19 heavy (non-hydrogen) atoms. The number of alkyl halides is 2. The Balaban J connectivity index is 2.78. The highest BCUT2D eigenvalue weighted by atomic mass is 28.4. The van der Waals surface area contributed by atoms with E-state index in [1.165, 1.54) is 0 Å². The van der Waals surface area contributed by atoms with Gasteiger partial charge in [-0.15, -0.1) is 0 Å². The van der Waals surface area contributed by atoms with Crippen molar-refractivity contribution in [2.24, 2.45) is 0 Å². The highest BCUT2D eigenvalue weighted by Crippen LogP contribution is 2.44. The van der Waals surface area contributed by atoms with Crippen molar-refractivity contribution in [3.63, 3.8) is 0 Å². The van der Waals surface area contributed by atoms with Crippen molar-refractivity contribution >= 4 is 8.32 Å². The van der Waals surface area contributed by atoms with E-state index in [1.807, 2.05) is 13.8 Å². The third-order valence-corrected chi connectivity index (χ3v) is 7.51. The minimum Gasteiger partial charge on any atom is -0.619 e. The van der Waals surface area contributed by atoms with Gasteiger partial charge in [-0.1, -0.05) is 13.8 Å². The van der Waals surface area contributed by atoms with Crippen molar-refractivity contribution in [1.82, 2.24) is 0 Å². The van der Waals surface area contributed by atoms with Gasteiger partial charge in [0.15, 0.2) is 20.7 Å². The van der Waals surface area contributed by atoms with E-state index in [0.717, 1.165) is 24.5 Å². The summed E-state index contributed by atoms with van der Waals surface area (Å²) in [6.45, 7) is 7.17. The molecule has 0 fully saturated rings. The van der Waals surface area contributed by atoms with Crippen LogP contribution in [0.4, 0.5) is 8.78 Å². The van der Waals surface area contributed by atoms with Crippen LogP contribution in [-0.4, -0.2) is 13.1 Å². The van der Waals surface area contributed by atoms with Crippen molar-refractivity contribution in [1.29, 1.82) is 0 Å². The van der Waals surface area contributed by atoms with Crippen molar-refractivity contribution < 1.29 is 18.3 Å². The first-order valence-corrected chi connectivity index (χ1v) is 9.20. The van der Waals surface area contributed by atoms with Crippen LogP contribution in [0, 0.1) is 5.21 Å². The predicted molar refractivity (Wildman–Crippen MR) is 72.3 cm³/mol. The maximum atomic E-state index is 14.0. The van der Waals surface area contributed by atoms with Gasteiger partial charge in [0, 0.05) is 24.1 Å². The van der Waals surface area contributed by atoms with Gasteiger partial charge in [0.1, 0.15) is 0 Å². The summed E-state index contributed by atoms with van der Waals surface area (Å²) < 4.78 is 28.5. The van der Waals surface area contributed by atoms with Crippen LogP contribution in [0.3, 0.4) is 0 Å². The molecule has 1 rings (SSSR count). The number of nitrogens with zero attached hydrogens (tertiary/aromatic N) is 1. The lowest BCUT2D eigenvalue weighted by molar-refractivity contribution is -0.605. The summed E-state index contributed by atoms with van der Waals surface area (Å²) in [6, 6.07) is 2.28. The Kier molecular flexibility index (Phi) is 4.36. The summed E-state index contributed by atoms with van der Waals surface area (Å²) in [5, 5.41) is 10.4. The van der Waals surface area contributed by atoms with Gasteiger partial charge in [-0.2, -0.15) is 4.73 Å². The van der Waals surface area contributed by atoms with Crippen LogP contribution in [0.15, 0.2) is 24.5 Å². The molecule has 1 N–H and O–H groups in total. The molecular formula is C13H21F2NO2Si. The molecule has 0 aromatic carbocycles. The molecule has 1 aromatic rings. The van der Waals surface area contributed by atoms with Crippen molar-refractivity contribution in [3.05, 3.63) is 35.3 Å². The zero-order chi connectivity index (χ0) is 14.9.